The zero-order valence-electron chi connectivity index (χ0n) is 29.7. The predicted molar refractivity (Wildman–Crippen MR) is 185 cm³/mol. The minimum atomic E-state index is -2.52. The van der Waals surface area contributed by atoms with E-state index in [1.807, 2.05) is 0 Å². The summed E-state index contributed by atoms with van der Waals surface area (Å²) in [5, 5.41) is 56.2. The summed E-state index contributed by atoms with van der Waals surface area (Å²) < 4.78 is 37.1. The van der Waals surface area contributed by atoms with Crippen LogP contribution in [0.1, 0.15) is 102 Å². The van der Waals surface area contributed by atoms with Gasteiger partial charge in [0.05, 0.1) is 47.7 Å². The molecule has 3 aromatic carbocycles. The van der Waals surface area contributed by atoms with Gasteiger partial charge in [0.2, 0.25) is 11.6 Å². The van der Waals surface area contributed by atoms with E-state index in [9.17, 15) is 53.9 Å². The number of methoxy groups -OCH3 is 1. The van der Waals surface area contributed by atoms with E-state index in [-0.39, 0.29) is 34.4 Å². The molecule has 0 unspecified atom stereocenters. The summed E-state index contributed by atoms with van der Waals surface area (Å²) in [6, 6.07) is 6.76. The normalized spacial score (nSPS) is 26.2. The number of hydrogen-bond donors (Lipinski definition) is 5. The topological polar surface area (TPSA) is 227 Å². The number of carbonyl (C=O) groups excluding carboxylic acids is 4. The van der Waals surface area contributed by atoms with Crippen LogP contribution in [0.5, 0.6) is 17.2 Å². The lowest BCUT2D eigenvalue weighted by molar-refractivity contribution is -0.257. The lowest BCUT2D eigenvalue weighted by Gasteiger charge is -2.44. The number of carboxylic acid groups (broad SMARTS) is 1. The molecule has 0 radical (unpaired) electrons. The van der Waals surface area contributed by atoms with Crippen LogP contribution in [0.3, 0.4) is 0 Å². The van der Waals surface area contributed by atoms with E-state index in [4.69, 9.17) is 18.9 Å². The van der Waals surface area contributed by atoms with Crippen LogP contribution in [0.4, 0.5) is 4.39 Å². The molecule has 3 aromatic rings. The molecule has 2 aliphatic heterocycles. The fraction of sp³-hybridized carbons (Fsp3) is 0.410. The van der Waals surface area contributed by atoms with Gasteiger partial charge in [-0.05, 0) is 51.1 Å². The number of ether oxygens (including phenoxy) is 4. The minimum absolute atomic E-state index is 0.0465. The first-order valence-electron chi connectivity index (χ1n) is 17.7. The summed E-state index contributed by atoms with van der Waals surface area (Å²) in [6.07, 6.45) is -3.64. The van der Waals surface area contributed by atoms with Crippen molar-refractivity contribution in [1.82, 2.24) is 4.90 Å². The first kappa shape index (κ1) is 38.0. The van der Waals surface area contributed by atoms with Crippen molar-refractivity contribution in [3.8, 4) is 17.2 Å². The molecule has 0 aromatic heterocycles. The summed E-state index contributed by atoms with van der Waals surface area (Å²) in [7, 11) is 1.30. The quantitative estimate of drug-likeness (QED) is 0.122. The lowest BCUT2D eigenvalue weighted by Crippen LogP contribution is -2.55. The van der Waals surface area contributed by atoms with Crippen molar-refractivity contribution in [1.29, 1.82) is 0 Å². The van der Waals surface area contributed by atoms with Crippen molar-refractivity contribution in [2.45, 2.75) is 75.3 Å². The second-order valence-electron chi connectivity index (χ2n) is 14.2. The Bertz CT molecular complexity index is 2130. The first-order valence-corrected chi connectivity index (χ1v) is 17.7. The van der Waals surface area contributed by atoms with Crippen molar-refractivity contribution >= 4 is 29.3 Å². The number of halogens is 1. The molecule has 0 saturated carbocycles. The van der Waals surface area contributed by atoms with Crippen LogP contribution in [0.2, 0.25) is 0 Å². The molecule has 2 aliphatic carbocycles. The summed E-state index contributed by atoms with van der Waals surface area (Å²) >= 11 is 0. The first-order chi connectivity index (χ1) is 26.2. The number of likely N-dealkylation sites (tertiary alicyclic amines) is 1. The van der Waals surface area contributed by atoms with E-state index in [0.29, 0.717) is 0 Å². The van der Waals surface area contributed by atoms with E-state index in [1.165, 1.54) is 25.3 Å². The SMILES string of the molecule is COc1cccc2c1C(=O)c1c(O)c3c(c(O)c1C2=O)C[C@@](O)(C(=O)COC(=O)c1cccc(F)c1C(=O)O)C[C@@H]3O[C@H]1C[C@H](N2CCCC2)[C@H](O)[C@H](C)O1. The lowest BCUT2D eigenvalue weighted by atomic mass is 9.72. The Morgan fingerprint density at radius 2 is 1.69 bits per heavy atom. The number of phenols is 2. The maximum Gasteiger partial charge on any atom is 0.339 e. The van der Waals surface area contributed by atoms with Crippen LogP contribution in [0.25, 0.3) is 0 Å². The number of carboxylic acids is 1. The molecule has 4 aliphatic rings. The molecule has 0 spiro atoms. The number of esters is 1. The van der Waals surface area contributed by atoms with Crippen molar-refractivity contribution in [2.24, 2.45) is 0 Å². The number of hydrogen-bond acceptors (Lipinski definition) is 14. The van der Waals surface area contributed by atoms with Gasteiger partial charge in [-0.1, -0.05) is 18.2 Å². The maximum absolute atomic E-state index is 14.3. The molecule has 15 nitrogen and oxygen atoms in total. The average molecular weight is 764 g/mol. The number of ketones is 3. The Hall–Kier alpha value is -5.26. The number of phenolic OH excluding ortho intramolecular Hbond substituents is 2. The molecule has 55 heavy (non-hydrogen) atoms. The molecule has 7 rings (SSSR count). The molecule has 2 heterocycles. The molecule has 2 saturated heterocycles. The van der Waals surface area contributed by atoms with Crippen LogP contribution in [0.15, 0.2) is 36.4 Å². The highest BCUT2D eigenvalue weighted by atomic mass is 19.1. The van der Waals surface area contributed by atoms with Gasteiger partial charge in [0.15, 0.2) is 18.7 Å². The van der Waals surface area contributed by atoms with E-state index in [2.05, 4.69) is 4.90 Å². The number of aliphatic hydroxyl groups excluding tert-OH is 1. The van der Waals surface area contributed by atoms with Gasteiger partial charge < -0.3 is 44.5 Å². The Morgan fingerprint density at radius 3 is 2.38 bits per heavy atom. The van der Waals surface area contributed by atoms with Crippen LogP contribution < -0.4 is 4.74 Å². The van der Waals surface area contributed by atoms with Crippen molar-refractivity contribution in [3.05, 3.63) is 86.7 Å². The zero-order valence-corrected chi connectivity index (χ0v) is 29.7. The van der Waals surface area contributed by atoms with Crippen LogP contribution in [-0.4, -0.2) is 117 Å². The summed E-state index contributed by atoms with van der Waals surface area (Å²) in [4.78, 5) is 68.4. The monoisotopic (exact) mass is 763 g/mol. The standard InChI is InChI=1S/C39H38FNO14/c1-17-32(43)22(41-11-3-4-12-41)13-26(54-17)55-24-15-39(51,25(42)16-53-38(50)19-8-5-9-21(40)27(19)37(48)49)14-20-29(24)36(47)31-30(34(20)45)33(44)18-7-6-10-23(52-2)28(18)35(31)46/h5-10,17,22,24,26,32,43,45,47,51H,3-4,11-16H2,1-2H3,(H,48,49)/t17-,22-,24-,26-,32+,39-/m0/s1. The van der Waals surface area contributed by atoms with Gasteiger partial charge in [-0.2, -0.15) is 0 Å². The highest BCUT2D eigenvalue weighted by molar-refractivity contribution is 6.31. The smallest absolute Gasteiger partial charge is 0.339 e. The number of benzene rings is 3. The van der Waals surface area contributed by atoms with Crippen LogP contribution in [-0.2, 0) is 25.4 Å². The summed E-state index contributed by atoms with van der Waals surface area (Å²) in [5.74, 6) is -8.68. The van der Waals surface area contributed by atoms with E-state index < -0.39 is 125 Å². The van der Waals surface area contributed by atoms with Gasteiger partial charge in [-0.15, -0.1) is 0 Å². The molecular formula is C39H38FNO14. The number of rotatable bonds is 9. The van der Waals surface area contributed by atoms with Gasteiger partial charge >= 0.3 is 11.9 Å². The summed E-state index contributed by atoms with van der Waals surface area (Å²) in [6.45, 7) is 1.96. The maximum atomic E-state index is 14.3. The Balaban J connectivity index is 1.27. The molecule has 16 heteroatoms. The number of nitrogens with zero attached hydrogens (tertiary/aromatic N) is 1. The van der Waals surface area contributed by atoms with E-state index in [0.717, 1.165) is 44.1 Å². The van der Waals surface area contributed by atoms with Gasteiger partial charge in [0.1, 0.15) is 34.2 Å². The molecule has 6 atom stereocenters. The third kappa shape index (κ3) is 6.42. The van der Waals surface area contributed by atoms with Crippen LogP contribution >= 0.6 is 0 Å². The Labute approximate surface area is 312 Å². The fourth-order valence-corrected chi connectivity index (χ4v) is 8.24. The van der Waals surface area contributed by atoms with Gasteiger partial charge in [0, 0.05) is 42.0 Å². The zero-order chi connectivity index (χ0) is 39.5. The van der Waals surface area contributed by atoms with Gasteiger partial charge in [-0.3, -0.25) is 19.3 Å². The second-order valence-corrected chi connectivity index (χ2v) is 14.2. The highest BCUT2D eigenvalue weighted by Gasteiger charge is 2.51. The van der Waals surface area contributed by atoms with E-state index in [1.54, 1.807) is 6.92 Å². The molecule has 2 fully saturated rings. The van der Waals surface area contributed by atoms with Gasteiger partial charge in [0.25, 0.3) is 0 Å². The molecule has 5 N–H and O–H groups in total. The highest BCUT2D eigenvalue weighted by Crippen LogP contribution is 2.52. The Morgan fingerprint density at radius 1 is 1.00 bits per heavy atom. The van der Waals surface area contributed by atoms with Gasteiger partial charge in [-0.25, -0.2) is 14.0 Å². The second kappa shape index (κ2) is 14.4. The number of carbonyl (C=O) groups is 5. The minimum Gasteiger partial charge on any atom is -0.507 e. The molecule has 0 amide bonds. The average Bonchev–Trinajstić information content (AvgIpc) is 3.69. The fourth-order valence-electron chi connectivity index (χ4n) is 8.24. The largest absolute Gasteiger partial charge is 0.507 e. The predicted octanol–water partition coefficient (Wildman–Crippen LogP) is 2.84. The third-order valence-electron chi connectivity index (χ3n) is 11.0. The molecule has 0 bridgehead atoms. The van der Waals surface area contributed by atoms with Crippen LogP contribution in [0, 0.1) is 5.82 Å². The number of Topliss-reactive ketones (excluding diaryl/α,β-unsaturated/α-hetero) is 1. The van der Waals surface area contributed by atoms with E-state index >= 15 is 0 Å². The van der Waals surface area contributed by atoms with Crippen molar-refractivity contribution in [3.63, 3.8) is 0 Å². The number of aliphatic hydroxyl groups is 2. The molecular weight excluding hydrogens is 725 g/mol. The third-order valence-corrected chi connectivity index (χ3v) is 11.0. The number of fused-ring (bicyclic) bond motifs is 3. The Kier molecular flexibility index (Phi) is 9.98. The number of aromatic hydroxyl groups is 2. The summed E-state index contributed by atoms with van der Waals surface area (Å²) in [5.41, 5.74) is -6.07. The van der Waals surface area contributed by atoms with Crippen molar-refractivity contribution in [2.75, 3.05) is 26.8 Å². The molecule has 290 valence electrons. The number of aromatic carboxylic acids is 1. The van der Waals surface area contributed by atoms with Crippen molar-refractivity contribution < 1.29 is 72.8 Å².